The molecule has 0 bridgehead atoms. The smallest absolute Gasteiger partial charge is 0.456 e. The van der Waals surface area contributed by atoms with Gasteiger partial charge in [-0.05, 0) is 102 Å². The Morgan fingerprint density at radius 3 is 1.12 bits per heavy atom. The summed E-state index contributed by atoms with van der Waals surface area (Å²) in [5.74, 6) is -0.501. The molecule has 0 radical (unpaired) electrons. The quantitative estimate of drug-likeness (QED) is 0.0205. The van der Waals surface area contributed by atoms with Crippen molar-refractivity contribution < 1.29 is 37.3 Å². The second kappa shape index (κ2) is 62.5. The number of hydrogen-bond acceptors (Lipinski definition) is 6. The molecule has 0 aliphatic carbocycles. The van der Waals surface area contributed by atoms with Crippen LogP contribution in [0.15, 0.2) is 72.9 Å². The van der Waals surface area contributed by atoms with E-state index in [1.165, 1.54) is 218 Å². The zero-order valence-corrected chi connectivity index (χ0v) is 56.3. The molecule has 2 N–H and O–H groups in total. The summed E-state index contributed by atoms with van der Waals surface area (Å²) >= 11 is 0. The van der Waals surface area contributed by atoms with Gasteiger partial charge in [0.1, 0.15) is 19.3 Å². The molecule has 0 rings (SSSR count). The van der Waals surface area contributed by atoms with E-state index < -0.39 is 20.0 Å². The first kappa shape index (κ1) is 80.5. The van der Waals surface area contributed by atoms with Crippen LogP contribution in [0, 0.1) is 0 Å². The predicted molar refractivity (Wildman–Crippen MR) is 360 cm³/mol. The molecule has 10 heteroatoms. The number of allylic oxidation sites excluding steroid dienone is 11. The number of nitrogens with one attached hydrogen (secondary N) is 1. The Morgan fingerprint density at radius 1 is 0.422 bits per heavy atom. The summed E-state index contributed by atoms with van der Waals surface area (Å²) in [7, 11) is 1.50. The lowest BCUT2D eigenvalue weighted by atomic mass is 10.0. The fourth-order valence-electron chi connectivity index (χ4n) is 10.2. The summed E-state index contributed by atoms with van der Waals surface area (Å²) in [4.78, 5) is 37.9. The third kappa shape index (κ3) is 63.8. The maximum atomic E-state index is 13.6. The van der Waals surface area contributed by atoms with E-state index in [2.05, 4.69) is 86.8 Å². The number of quaternary nitrogens is 1. The highest BCUT2D eigenvalue weighted by atomic mass is 31.2. The molecule has 9 nitrogen and oxygen atoms in total. The molecule has 484 valence electrons. The van der Waals surface area contributed by atoms with Crippen LogP contribution in [0.2, 0.25) is 0 Å². The molecule has 1 amide bonds. The van der Waals surface area contributed by atoms with E-state index >= 15 is 0 Å². The highest BCUT2D eigenvalue weighted by molar-refractivity contribution is 7.47. The number of nitrogens with zero attached hydrogens (tertiary/aromatic N) is 1. The predicted octanol–water partition coefficient (Wildman–Crippen LogP) is 22.3. The lowest BCUT2D eigenvalue weighted by molar-refractivity contribution is -0.870. The number of ether oxygens (including phenoxy) is 1. The molecule has 0 spiro atoms. The Hall–Kier alpha value is -2.55. The number of carbonyl (C=O) groups is 2. The van der Waals surface area contributed by atoms with Crippen LogP contribution in [0.4, 0.5) is 0 Å². The largest absolute Gasteiger partial charge is 0.472 e. The topological polar surface area (TPSA) is 111 Å². The Bertz CT molecular complexity index is 1650. The highest BCUT2D eigenvalue weighted by Gasteiger charge is 2.30. The van der Waals surface area contributed by atoms with Crippen molar-refractivity contribution in [2.24, 2.45) is 0 Å². The second-order valence-electron chi connectivity index (χ2n) is 25.0. The van der Waals surface area contributed by atoms with Gasteiger partial charge in [0.2, 0.25) is 5.91 Å². The standard InChI is InChI=1S/C73H135N2O7P/c1-7-10-13-16-19-22-25-27-29-31-33-35-36-37-38-40-42-44-46-48-51-54-57-60-63-66-73(77)82-71(64-61-58-55-52-49-24-21-18-15-12-9-3)70(69-81-83(78,79)80-68-67-75(4,5)6)74-72(76)65-62-59-56-53-50-47-45-43-41-39-34-32-30-28-26-23-20-17-14-11-8-2/h19-20,22-23,27-30,33,35,61,64,70-71H,7-18,21,24-26,31-32,34,36-60,62-63,65-69H2,1-6H3,(H-,74,76,78,79)/p+1/b22-19-,23-20-,29-27-,30-28-,35-33-,64-61+. The molecular formula is C73H136N2O7P+. The third-order valence-electron chi connectivity index (χ3n) is 15.6. The molecule has 0 aromatic rings. The first-order valence-electron chi connectivity index (χ1n) is 35.3. The van der Waals surface area contributed by atoms with Crippen LogP contribution in [0.3, 0.4) is 0 Å². The van der Waals surface area contributed by atoms with Gasteiger partial charge in [-0.15, -0.1) is 0 Å². The fourth-order valence-corrected chi connectivity index (χ4v) is 10.9. The number of rotatable bonds is 64. The van der Waals surface area contributed by atoms with Gasteiger partial charge in [0.25, 0.3) is 0 Å². The van der Waals surface area contributed by atoms with Gasteiger partial charge in [-0.25, -0.2) is 4.57 Å². The Morgan fingerprint density at radius 2 is 0.735 bits per heavy atom. The van der Waals surface area contributed by atoms with Crippen LogP contribution >= 0.6 is 7.82 Å². The van der Waals surface area contributed by atoms with Gasteiger partial charge >= 0.3 is 13.8 Å². The summed E-state index contributed by atoms with van der Waals surface area (Å²) in [6, 6.07) is -0.852. The molecule has 0 fully saturated rings. The monoisotopic (exact) mass is 1180 g/mol. The Labute approximate surface area is 514 Å². The van der Waals surface area contributed by atoms with E-state index in [-0.39, 0.29) is 31.5 Å². The number of hydrogen-bond donors (Lipinski definition) is 2. The van der Waals surface area contributed by atoms with Crippen LogP contribution in [-0.4, -0.2) is 74.3 Å². The van der Waals surface area contributed by atoms with E-state index in [0.717, 1.165) is 77.0 Å². The number of esters is 1. The highest BCUT2D eigenvalue weighted by Crippen LogP contribution is 2.43. The van der Waals surface area contributed by atoms with Crippen molar-refractivity contribution in [2.75, 3.05) is 40.9 Å². The number of phosphoric acid groups is 1. The van der Waals surface area contributed by atoms with Crippen LogP contribution in [-0.2, 0) is 27.9 Å². The van der Waals surface area contributed by atoms with E-state index in [4.69, 9.17) is 13.8 Å². The lowest BCUT2D eigenvalue weighted by Gasteiger charge is -2.27. The van der Waals surface area contributed by atoms with Gasteiger partial charge in [0, 0.05) is 12.8 Å². The summed E-state index contributed by atoms with van der Waals surface area (Å²) < 4.78 is 30.8. The van der Waals surface area contributed by atoms with Crippen LogP contribution in [0.5, 0.6) is 0 Å². The summed E-state index contributed by atoms with van der Waals surface area (Å²) in [6.45, 7) is 6.99. The van der Waals surface area contributed by atoms with Crippen molar-refractivity contribution in [3.63, 3.8) is 0 Å². The molecule has 0 aliphatic heterocycles. The minimum absolute atomic E-state index is 0.0385. The van der Waals surface area contributed by atoms with E-state index in [0.29, 0.717) is 17.4 Å². The molecule has 0 heterocycles. The van der Waals surface area contributed by atoms with E-state index in [9.17, 15) is 19.0 Å². The van der Waals surface area contributed by atoms with Crippen molar-refractivity contribution in [2.45, 2.75) is 341 Å². The van der Waals surface area contributed by atoms with Gasteiger partial charge < -0.3 is 19.4 Å². The minimum Gasteiger partial charge on any atom is -0.456 e. The fraction of sp³-hybridized carbons (Fsp3) is 0.808. The Kier molecular flexibility index (Phi) is 60.6. The number of phosphoric ester groups is 1. The van der Waals surface area contributed by atoms with Crippen LogP contribution in [0.25, 0.3) is 0 Å². The summed E-state index contributed by atoms with van der Waals surface area (Å²) in [5.41, 5.74) is 0. The van der Waals surface area contributed by atoms with Gasteiger partial charge in [0.05, 0.1) is 33.8 Å². The van der Waals surface area contributed by atoms with Crippen LogP contribution < -0.4 is 5.32 Å². The number of likely N-dealkylation sites (N-methyl/N-ethyl adjacent to an activating group) is 1. The van der Waals surface area contributed by atoms with Gasteiger partial charge in [0.15, 0.2) is 0 Å². The summed E-state index contributed by atoms with van der Waals surface area (Å²) in [5, 5.41) is 3.07. The normalized spacial score (nSPS) is 14.0. The maximum absolute atomic E-state index is 13.6. The van der Waals surface area contributed by atoms with Crippen molar-refractivity contribution >= 4 is 19.7 Å². The molecule has 0 aliphatic rings. The minimum atomic E-state index is -4.45. The summed E-state index contributed by atoms with van der Waals surface area (Å²) in [6.07, 6.45) is 81.9. The molecule has 3 unspecified atom stereocenters. The molecular weight excluding hydrogens is 1050 g/mol. The van der Waals surface area contributed by atoms with Crippen LogP contribution in [0.1, 0.15) is 329 Å². The number of unbranched alkanes of at least 4 members (excludes halogenated alkanes) is 38. The number of amides is 1. The molecule has 0 aromatic carbocycles. The van der Waals surface area contributed by atoms with Gasteiger partial charge in [-0.2, -0.15) is 0 Å². The van der Waals surface area contributed by atoms with Crippen molar-refractivity contribution in [3.05, 3.63) is 72.9 Å². The first-order chi connectivity index (χ1) is 40.4. The third-order valence-corrected chi connectivity index (χ3v) is 16.6. The molecule has 0 aromatic heterocycles. The van der Waals surface area contributed by atoms with Gasteiger partial charge in [-0.3, -0.25) is 18.6 Å². The lowest BCUT2D eigenvalue weighted by Crippen LogP contribution is -2.47. The SMILES string of the molecule is CCCCC/C=C\C/C=C\C/C=C\CCCCCCCCCCCCCCC(=O)OC(/C=C/CCCCCCCCCCC)C(COP(=O)(O)OCC[N+](C)(C)C)NC(=O)CCCCCCCCCCCCC/C=C\C/C=C\CCCCC. The molecule has 3 atom stereocenters. The molecule has 83 heavy (non-hydrogen) atoms. The zero-order valence-electron chi connectivity index (χ0n) is 55.4. The average Bonchev–Trinajstić information content (AvgIpc) is 3.51. The maximum Gasteiger partial charge on any atom is 0.472 e. The van der Waals surface area contributed by atoms with Crippen molar-refractivity contribution in [3.8, 4) is 0 Å². The molecule has 0 saturated heterocycles. The molecule has 0 saturated carbocycles. The number of carbonyl (C=O) groups excluding carboxylic acids is 2. The Balaban J connectivity index is 5.03. The zero-order chi connectivity index (χ0) is 60.7. The van der Waals surface area contributed by atoms with E-state index in [1.54, 1.807) is 0 Å². The van der Waals surface area contributed by atoms with Crippen molar-refractivity contribution in [1.29, 1.82) is 0 Å². The van der Waals surface area contributed by atoms with Gasteiger partial charge in [-0.1, -0.05) is 287 Å². The average molecular weight is 1180 g/mol. The first-order valence-corrected chi connectivity index (χ1v) is 36.8. The van der Waals surface area contributed by atoms with Crippen molar-refractivity contribution in [1.82, 2.24) is 5.32 Å². The van der Waals surface area contributed by atoms with E-state index in [1.807, 2.05) is 33.3 Å². The second-order valence-corrected chi connectivity index (χ2v) is 26.5.